The van der Waals surface area contributed by atoms with Gasteiger partial charge in [-0.05, 0) is 36.3 Å². The van der Waals surface area contributed by atoms with Crippen LogP contribution in [0.15, 0.2) is 36.4 Å². The van der Waals surface area contributed by atoms with Crippen LogP contribution in [0.3, 0.4) is 0 Å². The number of rotatable bonds is 3. The van der Waals surface area contributed by atoms with Gasteiger partial charge in [0.1, 0.15) is 5.82 Å². The van der Waals surface area contributed by atoms with Gasteiger partial charge in [0, 0.05) is 31.1 Å². The van der Waals surface area contributed by atoms with E-state index in [1.54, 1.807) is 25.3 Å². The van der Waals surface area contributed by atoms with Crippen LogP contribution in [0.4, 0.5) is 4.39 Å². The summed E-state index contributed by atoms with van der Waals surface area (Å²) in [6.07, 6.45) is 3.20. The fourth-order valence-electron chi connectivity index (χ4n) is 3.41. The highest BCUT2D eigenvalue weighted by molar-refractivity contribution is 6.07. The molecule has 0 radical (unpaired) electrons. The van der Waals surface area contributed by atoms with Gasteiger partial charge in [-0.1, -0.05) is 30.7 Å². The van der Waals surface area contributed by atoms with Crippen molar-refractivity contribution in [1.82, 2.24) is 4.90 Å². The molecule has 2 aromatic carbocycles. The highest BCUT2D eigenvalue weighted by Crippen LogP contribution is 2.25. The van der Waals surface area contributed by atoms with Crippen molar-refractivity contribution < 1.29 is 13.9 Å². The third-order valence-electron chi connectivity index (χ3n) is 4.56. The van der Waals surface area contributed by atoms with Gasteiger partial charge in [-0.3, -0.25) is 4.79 Å². The summed E-state index contributed by atoms with van der Waals surface area (Å²) in [6, 6.07) is 10.2. The molecule has 122 valence electrons. The summed E-state index contributed by atoms with van der Waals surface area (Å²) in [5.74, 6) is 0.0765. The topological polar surface area (TPSA) is 29.5 Å². The molecule has 1 atom stereocenters. The van der Waals surface area contributed by atoms with E-state index in [0.29, 0.717) is 35.4 Å². The monoisotopic (exact) mass is 315 g/mol. The number of methoxy groups -OCH3 is 1. The van der Waals surface area contributed by atoms with Gasteiger partial charge in [0.15, 0.2) is 0 Å². The molecule has 1 aliphatic rings. The zero-order valence-corrected chi connectivity index (χ0v) is 13.4. The number of halogens is 1. The molecule has 1 fully saturated rings. The van der Waals surface area contributed by atoms with E-state index in [2.05, 4.69) is 0 Å². The lowest BCUT2D eigenvalue weighted by Gasteiger charge is -2.25. The molecule has 0 N–H and O–H groups in total. The summed E-state index contributed by atoms with van der Waals surface area (Å²) < 4.78 is 19.2. The first-order valence-electron chi connectivity index (χ1n) is 8.16. The van der Waals surface area contributed by atoms with E-state index >= 15 is 0 Å². The average molecular weight is 315 g/mol. The first-order valence-corrected chi connectivity index (χ1v) is 8.16. The Labute approximate surface area is 136 Å². The largest absolute Gasteiger partial charge is 0.384 e. The van der Waals surface area contributed by atoms with E-state index in [1.807, 2.05) is 17.0 Å². The van der Waals surface area contributed by atoms with Crippen molar-refractivity contribution in [3.05, 3.63) is 47.8 Å². The van der Waals surface area contributed by atoms with E-state index in [1.165, 1.54) is 6.07 Å². The number of benzene rings is 2. The van der Waals surface area contributed by atoms with Gasteiger partial charge in [0.05, 0.1) is 6.61 Å². The van der Waals surface area contributed by atoms with Gasteiger partial charge in [0.2, 0.25) is 0 Å². The molecular formula is C19H22FNO2. The number of nitrogens with zero attached hydrogens (tertiary/aromatic N) is 1. The lowest BCUT2D eigenvalue weighted by Crippen LogP contribution is -2.35. The predicted octanol–water partition coefficient (Wildman–Crippen LogP) is 3.87. The second-order valence-electron chi connectivity index (χ2n) is 6.21. The fourth-order valence-corrected chi connectivity index (χ4v) is 3.41. The van der Waals surface area contributed by atoms with Crippen LogP contribution >= 0.6 is 0 Å². The Balaban J connectivity index is 1.92. The molecule has 3 nitrogen and oxygen atoms in total. The van der Waals surface area contributed by atoms with Gasteiger partial charge in [-0.2, -0.15) is 0 Å². The molecule has 1 amide bonds. The second-order valence-corrected chi connectivity index (χ2v) is 6.21. The number of hydrogen-bond acceptors (Lipinski definition) is 2. The molecule has 0 unspecified atom stereocenters. The minimum atomic E-state index is -0.287. The quantitative estimate of drug-likeness (QED) is 0.860. The maximum Gasteiger partial charge on any atom is 0.254 e. The predicted molar refractivity (Wildman–Crippen MR) is 89.0 cm³/mol. The first-order chi connectivity index (χ1) is 11.2. The van der Waals surface area contributed by atoms with Crippen molar-refractivity contribution in [1.29, 1.82) is 0 Å². The Kier molecular flexibility index (Phi) is 4.91. The van der Waals surface area contributed by atoms with E-state index in [-0.39, 0.29) is 11.7 Å². The van der Waals surface area contributed by atoms with E-state index in [0.717, 1.165) is 25.8 Å². The first kappa shape index (κ1) is 15.9. The van der Waals surface area contributed by atoms with Gasteiger partial charge in [0.25, 0.3) is 5.91 Å². The third kappa shape index (κ3) is 3.37. The van der Waals surface area contributed by atoms with E-state index < -0.39 is 0 Å². The SMILES string of the molecule is COC[C@@H]1CCCCN(C(=O)c2ccc(F)c3ccccc23)C1. The van der Waals surface area contributed by atoms with Crippen LogP contribution in [-0.4, -0.2) is 37.6 Å². The Morgan fingerprint density at radius 1 is 1.22 bits per heavy atom. The number of carbonyl (C=O) groups is 1. The Hall–Kier alpha value is -1.94. The van der Waals surface area contributed by atoms with Crippen molar-refractivity contribution in [3.63, 3.8) is 0 Å². The molecule has 4 heteroatoms. The molecule has 0 aromatic heterocycles. The Bertz CT molecular complexity index is 701. The third-order valence-corrected chi connectivity index (χ3v) is 4.56. The standard InChI is InChI=1S/C19H22FNO2/c1-23-13-14-6-4-5-11-21(12-14)19(22)17-9-10-18(20)16-8-3-2-7-15(16)17/h2-3,7-10,14H,4-6,11-13H2,1H3/t14-/m1/s1. The zero-order chi connectivity index (χ0) is 16.2. The molecule has 1 saturated heterocycles. The Morgan fingerprint density at radius 2 is 2.00 bits per heavy atom. The normalized spacial score (nSPS) is 18.9. The van der Waals surface area contributed by atoms with Crippen molar-refractivity contribution in [2.24, 2.45) is 5.92 Å². The molecular weight excluding hydrogens is 293 g/mol. The van der Waals surface area contributed by atoms with Crippen LogP contribution in [-0.2, 0) is 4.74 Å². The van der Waals surface area contributed by atoms with Crippen molar-refractivity contribution in [3.8, 4) is 0 Å². The molecule has 1 aliphatic heterocycles. The molecule has 1 heterocycles. The number of hydrogen-bond donors (Lipinski definition) is 0. The number of ether oxygens (including phenoxy) is 1. The van der Waals surface area contributed by atoms with Crippen molar-refractivity contribution in [2.75, 3.05) is 26.8 Å². The van der Waals surface area contributed by atoms with E-state index in [4.69, 9.17) is 4.74 Å². The molecule has 23 heavy (non-hydrogen) atoms. The number of likely N-dealkylation sites (tertiary alicyclic amines) is 1. The molecule has 0 bridgehead atoms. The van der Waals surface area contributed by atoms with Crippen molar-refractivity contribution in [2.45, 2.75) is 19.3 Å². The van der Waals surface area contributed by atoms with Gasteiger partial charge < -0.3 is 9.64 Å². The van der Waals surface area contributed by atoms with Crippen LogP contribution in [0.1, 0.15) is 29.6 Å². The Morgan fingerprint density at radius 3 is 2.78 bits per heavy atom. The smallest absolute Gasteiger partial charge is 0.254 e. The van der Waals surface area contributed by atoms with Crippen LogP contribution in [0.25, 0.3) is 10.8 Å². The second kappa shape index (κ2) is 7.09. The molecule has 0 aliphatic carbocycles. The summed E-state index contributed by atoms with van der Waals surface area (Å²) in [5.41, 5.74) is 0.583. The molecule has 3 rings (SSSR count). The maximum atomic E-state index is 14.0. The average Bonchev–Trinajstić information content (AvgIpc) is 2.81. The molecule has 0 spiro atoms. The maximum absolute atomic E-state index is 14.0. The van der Waals surface area contributed by atoms with Gasteiger partial charge in [-0.15, -0.1) is 0 Å². The lowest BCUT2D eigenvalue weighted by molar-refractivity contribution is 0.0698. The minimum absolute atomic E-state index is 0.01000. The van der Waals surface area contributed by atoms with E-state index in [9.17, 15) is 9.18 Å². The summed E-state index contributed by atoms with van der Waals surface area (Å²) in [6.45, 7) is 2.14. The summed E-state index contributed by atoms with van der Waals surface area (Å²) in [7, 11) is 1.70. The van der Waals surface area contributed by atoms with Crippen LogP contribution < -0.4 is 0 Å². The lowest BCUT2D eigenvalue weighted by atomic mass is 10.0. The van der Waals surface area contributed by atoms with Crippen LogP contribution in [0.5, 0.6) is 0 Å². The summed E-state index contributed by atoms with van der Waals surface area (Å²) >= 11 is 0. The van der Waals surface area contributed by atoms with Crippen molar-refractivity contribution >= 4 is 16.7 Å². The summed E-state index contributed by atoms with van der Waals surface area (Å²) in [5, 5.41) is 1.19. The highest BCUT2D eigenvalue weighted by atomic mass is 19.1. The number of fused-ring (bicyclic) bond motifs is 1. The highest BCUT2D eigenvalue weighted by Gasteiger charge is 2.24. The van der Waals surface area contributed by atoms with Gasteiger partial charge in [-0.25, -0.2) is 4.39 Å². The molecule has 0 saturated carbocycles. The number of carbonyl (C=O) groups excluding carboxylic acids is 1. The summed E-state index contributed by atoms with van der Waals surface area (Å²) in [4.78, 5) is 14.9. The number of amides is 1. The zero-order valence-electron chi connectivity index (χ0n) is 13.4. The van der Waals surface area contributed by atoms with Gasteiger partial charge >= 0.3 is 0 Å². The fraction of sp³-hybridized carbons (Fsp3) is 0.421. The molecule has 2 aromatic rings. The minimum Gasteiger partial charge on any atom is -0.384 e. The van der Waals surface area contributed by atoms with Crippen LogP contribution in [0, 0.1) is 11.7 Å². The van der Waals surface area contributed by atoms with Crippen LogP contribution in [0.2, 0.25) is 0 Å².